The van der Waals surface area contributed by atoms with Crippen molar-refractivity contribution in [3.63, 3.8) is 0 Å². The molecule has 0 radical (unpaired) electrons. The summed E-state index contributed by atoms with van der Waals surface area (Å²) in [6.07, 6.45) is 6.26. The van der Waals surface area contributed by atoms with Crippen molar-refractivity contribution in [3.8, 4) is 12.1 Å². The SMILES string of the molecule is C=CC(=O)N1CCN(c2nc(OC[C@@H]3CCCN3C)nn3c(Cc4cccc5ccccc45)cnc23)C[C@@H]1CC#N. The van der Waals surface area contributed by atoms with Gasteiger partial charge in [-0.2, -0.15) is 10.2 Å². The number of benzene rings is 2. The molecule has 2 aromatic heterocycles. The second-order valence-corrected chi connectivity index (χ2v) is 10.8. The van der Waals surface area contributed by atoms with Crippen LogP contribution in [0.1, 0.15) is 30.5 Å². The maximum absolute atomic E-state index is 12.5. The molecule has 2 aliphatic heterocycles. The summed E-state index contributed by atoms with van der Waals surface area (Å²) in [6, 6.07) is 17.3. The third-order valence-electron chi connectivity index (χ3n) is 8.29. The van der Waals surface area contributed by atoms with Crippen molar-refractivity contribution in [1.82, 2.24) is 29.4 Å². The van der Waals surface area contributed by atoms with Gasteiger partial charge in [-0.3, -0.25) is 4.79 Å². The molecule has 41 heavy (non-hydrogen) atoms. The minimum atomic E-state index is -0.282. The van der Waals surface area contributed by atoms with E-state index in [1.807, 2.05) is 16.8 Å². The van der Waals surface area contributed by atoms with Gasteiger partial charge in [-0.1, -0.05) is 49.0 Å². The van der Waals surface area contributed by atoms with Crippen LogP contribution in [0.2, 0.25) is 0 Å². The highest BCUT2D eigenvalue weighted by molar-refractivity contribution is 5.87. The van der Waals surface area contributed by atoms with Crippen LogP contribution in [0.15, 0.2) is 61.3 Å². The molecule has 0 unspecified atom stereocenters. The zero-order valence-electron chi connectivity index (χ0n) is 23.3. The Labute approximate surface area is 239 Å². The number of carbonyl (C=O) groups is 1. The Morgan fingerprint density at radius 2 is 2.02 bits per heavy atom. The second-order valence-electron chi connectivity index (χ2n) is 10.8. The number of amides is 1. The first-order chi connectivity index (χ1) is 20.1. The van der Waals surface area contributed by atoms with E-state index >= 15 is 0 Å². The van der Waals surface area contributed by atoms with Crippen LogP contribution in [-0.4, -0.2) is 87.2 Å². The maximum Gasteiger partial charge on any atom is 0.336 e. The number of nitriles is 1. The number of nitrogens with zero attached hydrogens (tertiary/aromatic N) is 8. The zero-order valence-corrected chi connectivity index (χ0v) is 23.3. The van der Waals surface area contributed by atoms with Crippen molar-refractivity contribution in [2.24, 2.45) is 0 Å². The number of likely N-dealkylation sites (tertiary alicyclic amines) is 1. The van der Waals surface area contributed by atoms with Gasteiger partial charge >= 0.3 is 6.01 Å². The number of imidazole rings is 1. The maximum atomic E-state index is 12.5. The van der Waals surface area contributed by atoms with Gasteiger partial charge in [0, 0.05) is 32.1 Å². The van der Waals surface area contributed by atoms with Crippen molar-refractivity contribution in [2.75, 3.05) is 44.7 Å². The smallest absolute Gasteiger partial charge is 0.336 e. The van der Waals surface area contributed by atoms with Crippen molar-refractivity contribution < 1.29 is 9.53 Å². The van der Waals surface area contributed by atoms with Crippen molar-refractivity contribution >= 4 is 28.1 Å². The van der Waals surface area contributed by atoms with Crippen molar-refractivity contribution in [1.29, 1.82) is 5.26 Å². The number of rotatable bonds is 8. The van der Waals surface area contributed by atoms with Gasteiger partial charge in [0.1, 0.15) is 6.61 Å². The Bertz CT molecular complexity index is 1620. The molecule has 0 aliphatic carbocycles. The number of fused-ring (bicyclic) bond motifs is 2. The summed E-state index contributed by atoms with van der Waals surface area (Å²) in [5, 5.41) is 16.7. The number of anilines is 1. The van der Waals surface area contributed by atoms with Crippen molar-refractivity contribution in [3.05, 3.63) is 72.6 Å². The molecule has 10 nitrogen and oxygen atoms in total. The largest absolute Gasteiger partial charge is 0.461 e. The molecule has 4 heterocycles. The van der Waals surface area contributed by atoms with E-state index in [0.29, 0.717) is 56.2 Å². The highest BCUT2D eigenvalue weighted by Gasteiger charge is 2.32. The van der Waals surface area contributed by atoms with E-state index in [-0.39, 0.29) is 18.4 Å². The topological polar surface area (TPSA) is 103 Å². The van der Waals surface area contributed by atoms with Crippen LogP contribution in [0.4, 0.5) is 5.82 Å². The molecule has 2 aromatic carbocycles. The molecule has 10 heteroatoms. The van der Waals surface area contributed by atoms with Crippen LogP contribution in [0, 0.1) is 11.3 Å². The summed E-state index contributed by atoms with van der Waals surface area (Å²) < 4.78 is 8.07. The minimum absolute atomic E-state index is 0.166. The lowest BCUT2D eigenvalue weighted by molar-refractivity contribution is -0.128. The first kappa shape index (κ1) is 26.7. The fraction of sp³-hybridized carbons (Fsp3) is 0.387. The molecule has 1 amide bonds. The molecule has 2 aliphatic rings. The molecular formula is C31H34N8O2. The Morgan fingerprint density at radius 1 is 1.17 bits per heavy atom. The molecule has 0 bridgehead atoms. The van der Waals surface area contributed by atoms with Gasteiger partial charge in [0.15, 0.2) is 11.5 Å². The zero-order chi connectivity index (χ0) is 28.3. The van der Waals surface area contributed by atoms with Gasteiger partial charge < -0.3 is 19.4 Å². The molecule has 210 valence electrons. The number of hydrogen-bond acceptors (Lipinski definition) is 8. The number of hydrogen-bond donors (Lipinski definition) is 0. The monoisotopic (exact) mass is 550 g/mol. The van der Waals surface area contributed by atoms with Gasteiger partial charge in [-0.05, 0) is 48.8 Å². The summed E-state index contributed by atoms with van der Waals surface area (Å²) in [7, 11) is 2.12. The summed E-state index contributed by atoms with van der Waals surface area (Å²) in [4.78, 5) is 28.2. The lowest BCUT2D eigenvalue weighted by atomic mass is 10.0. The molecule has 0 saturated carbocycles. The highest BCUT2D eigenvalue weighted by atomic mass is 16.5. The predicted octanol–water partition coefficient (Wildman–Crippen LogP) is 3.46. The van der Waals surface area contributed by atoms with Crippen LogP contribution < -0.4 is 9.64 Å². The molecule has 2 fully saturated rings. The highest BCUT2D eigenvalue weighted by Crippen LogP contribution is 2.28. The van der Waals surface area contributed by atoms with Gasteiger partial charge in [0.25, 0.3) is 0 Å². The van der Waals surface area contributed by atoms with Crippen molar-refractivity contribution in [2.45, 2.75) is 37.8 Å². The number of aromatic nitrogens is 4. The van der Waals surface area contributed by atoms with Crippen LogP contribution in [0.5, 0.6) is 6.01 Å². The van der Waals surface area contributed by atoms with Crippen LogP contribution >= 0.6 is 0 Å². The molecule has 2 saturated heterocycles. The average Bonchev–Trinajstić information content (AvgIpc) is 3.61. The number of ether oxygens (including phenoxy) is 1. The summed E-state index contributed by atoms with van der Waals surface area (Å²) in [5.74, 6) is 0.480. The fourth-order valence-electron chi connectivity index (χ4n) is 6.02. The van der Waals surface area contributed by atoms with Crippen LogP contribution in [0.3, 0.4) is 0 Å². The standard InChI is InChI=1S/C31H34N8O2/c1-3-28(40)38-17-16-37(20-24(38)13-14-32)30-29-33-19-26(18-23-10-6-9-22-8-4-5-12-27(22)23)39(29)35-31(34-30)41-21-25-11-7-15-36(25)2/h3-6,8-10,12,19,24-25H,1,7,11,13,15-18,20-21H2,2H3/t24-,25-/m0/s1. The first-order valence-corrected chi connectivity index (χ1v) is 14.1. The fourth-order valence-corrected chi connectivity index (χ4v) is 6.02. The molecule has 0 spiro atoms. The van der Waals surface area contributed by atoms with Gasteiger partial charge in [-0.15, -0.1) is 5.10 Å². The van der Waals surface area contributed by atoms with E-state index in [1.54, 1.807) is 4.90 Å². The first-order valence-electron chi connectivity index (χ1n) is 14.1. The van der Waals surface area contributed by atoms with Gasteiger partial charge in [0.05, 0.1) is 30.4 Å². The lowest BCUT2D eigenvalue weighted by Gasteiger charge is -2.40. The predicted molar refractivity (Wildman–Crippen MR) is 157 cm³/mol. The normalized spacial score (nSPS) is 19.5. The van der Waals surface area contributed by atoms with E-state index in [4.69, 9.17) is 19.8 Å². The van der Waals surface area contributed by atoms with E-state index in [1.165, 1.54) is 22.4 Å². The third-order valence-corrected chi connectivity index (χ3v) is 8.29. The Hall–Kier alpha value is -4.49. The van der Waals surface area contributed by atoms with Gasteiger partial charge in [-0.25, -0.2) is 9.50 Å². The Balaban J connectivity index is 1.37. The Morgan fingerprint density at radius 3 is 2.83 bits per heavy atom. The second kappa shape index (κ2) is 11.6. The quantitative estimate of drug-likeness (QED) is 0.308. The van der Waals surface area contributed by atoms with E-state index < -0.39 is 0 Å². The van der Waals surface area contributed by atoms with Crippen LogP contribution in [-0.2, 0) is 11.2 Å². The minimum Gasteiger partial charge on any atom is -0.461 e. The summed E-state index contributed by atoms with van der Waals surface area (Å²) in [6.45, 7) is 6.66. The van der Waals surface area contributed by atoms with Gasteiger partial charge in [0.2, 0.25) is 5.91 Å². The van der Waals surface area contributed by atoms with E-state index in [0.717, 1.165) is 25.1 Å². The lowest BCUT2D eigenvalue weighted by Crippen LogP contribution is -2.55. The van der Waals surface area contributed by atoms with Crippen LogP contribution in [0.25, 0.3) is 16.4 Å². The molecular weight excluding hydrogens is 516 g/mol. The summed E-state index contributed by atoms with van der Waals surface area (Å²) in [5.41, 5.74) is 2.74. The Kier molecular flexibility index (Phi) is 7.53. The average molecular weight is 551 g/mol. The van der Waals surface area contributed by atoms with E-state index in [2.05, 4.69) is 65.9 Å². The molecule has 6 rings (SSSR count). The molecule has 2 atom stereocenters. The van der Waals surface area contributed by atoms with E-state index in [9.17, 15) is 10.1 Å². The number of piperazine rings is 1. The molecule has 4 aromatic rings. The summed E-state index contributed by atoms with van der Waals surface area (Å²) >= 11 is 0. The number of likely N-dealkylation sites (N-methyl/N-ethyl adjacent to an activating group) is 1. The third kappa shape index (κ3) is 5.33. The molecule has 0 N–H and O–H groups in total. The number of carbonyl (C=O) groups excluding carboxylic acids is 1.